The lowest BCUT2D eigenvalue weighted by atomic mass is 10.3. The molecule has 0 heterocycles. The van der Waals surface area contributed by atoms with E-state index in [2.05, 4.69) is 0 Å². The average molecular weight is 247 g/mol. The molecule has 1 aromatic rings. The summed E-state index contributed by atoms with van der Waals surface area (Å²) in [5, 5.41) is 9.23. The van der Waals surface area contributed by atoms with Crippen molar-refractivity contribution in [2.45, 2.75) is 0 Å². The summed E-state index contributed by atoms with van der Waals surface area (Å²) in [5.74, 6) is -0.545. The van der Waals surface area contributed by atoms with Crippen LogP contribution in [0.2, 0.25) is 10.0 Å². The summed E-state index contributed by atoms with van der Waals surface area (Å²) in [5.41, 5.74) is 0. The molecule has 0 saturated heterocycles. The number of halogens is 2. The molecule has 0 aliphatic rings. The van der Waals surface area contributed by atoms with Gasteiger partial charge >= 0.3 is 5.97 Å². The molecule has 0 aromatic heterocycles. The van der Waals surface area contributed by atoms with Crippen molar-refractivity contribution < 1.29 is 14.6 Å². The van der Waals surface area contributed by atoms with Crippen LogP contribution in [-0.4, -0.2) is 17.7 Å². The van der Waals surface area contributed by atoms with Crippen molar-refractivity contribution in [3.63, 3.8) is 0 Å². The maximum Gasteiger partial charge on any atom is 0.328 e. The molecular weight excluding hydrogens is 239 g/mol. The highest BCUT2D eigenvalue weighted by Gasteiger charge is 2.00. The minimum atomic E-state index is -1.01. The van der Waals surface area contributed by atoms with Crippen molar-refractivity contribution in [3.8, 4) is 5.75 Å². The molecule has 0 saturated carbocycles. The third kappa shape index (κ3) is 4.23. The molecule has 1 N–H and O–H groups in total. The Kier molecular flexibility index (Phi) is 4.46. The SMILES string of the molecule is O=C(O)/C=C/COc1ccc(Cl)cc1Cl. The van der Waals surface area contributed by atoms with E-state index < -0.39 is 5.97 Å². The highest BCUT2D eigenvalue weighted by molar-refractivity contribution is 6.35. The molecule has 0 bridgehead atoms. The second kappa shape index (κ2) is 5.63. The standard InChI is InChI=1S/C10H8Cl2O3/c11-7-3-4-9(8(12)6-7)15-5-1-2-10(13)14/h1-4,6H,5H2,(H,13,14)/b2-1+. The third-order valence-electron chi connectivity index (χ3n) is 1.49. The fraction of sp³-hybridized carbons (Fsp3) is 0.100. The first-order valence-electron chi connectivity index (χ1n) is 4.07. The molecule has 3 nitrogen and oxygen atoms in total. The van der Waals surface area contributed by atoms with Crippen LogP contribution in [0.3, 0.4) is 0 Å². The number of carboxylic acid groups (broad SMARTS) is 1. The summed E-state index contributed by atoms with van der Waals surface area (Å²) < 4.78 is 5.20. The number of carbonyl (C=O) groups is 1. The van der Waals surface area contributed by atoms with E-state index in [1.807, 2.05) is 0 Å². The van der Waals surface area contributed by atoms with E-state index in [9.17, 15) is 4.79 Å². The predicted molar refractivity (Wildman–Crippen MR) is 58.7 cm³/mol. The highest BCUT2D eigenvalue weighted by atomic mass is 35.5. The third-order valence-corrected chi connectivity index (χ3v) is 2.02. The van der Waals surface area contributed by atoms with E-state index in [0.717, 1.165) is 6.08 Å². The van der Waals surface area contributed by atoms with Gasteiger partial charge in [0.15, 0.2) is 0 Å². The first kappa shape index (κ1) is 11.9. The van der Waals surface area contributed by atoms with Gasteiger partial charge in [-0.1, -0.05) is 23.2 Å². The lowest BCUT2D eigenvalue weighted by Crippen LogP contribution is -1.96. The summed E-state index contributed by atoms with van der Waals surface area (Å²) in [6.45, 7) is 0.146. The molecule has 0 fully saturated rings. The monoisotopic (exact) mass is 246 g/mol. The number of rotatable bonds is 4. The molecule has 15 heavy (non-hydrogen) atoms. The molecule has 0 spiro atoms. The lowest BCUT2D eigenvalue weighted by molar-refractivity contribution is -0.131. The van der Waals surface area contributed by atoms with Gasteiger partial charge in [0.05, 0.1) is 5.02 Å². The molecule has 0 atom stereocenters. The molecule has 0 aliphatic heterocycles. The minimum Gasteiger partial charge on any atom is -0.488 e. The van der Waals surface area contributed by atoms with Gasteiger partial charge in [-0.15, -0.1) is 0 Å². The van der Waals surface area contributed by atoms with Gasteiger partial charge in [-0.05, 0) is 24.3 Å². The largest absolute Gasteiger partial charge is 0.488 e. The topological polar surface area (TPSA) is 46.5 Å². The summed E-state index contributed by atoms with van der Waals surface area (Å²) in [4.78, 5) is 10.1. The molecule has 5 heteroatoms. The average Bonchev–Trinajstić information content (AvgIpc) is 2.14. The van der Waals surface area contributed by atoms with Crippen LogP contribution < -0.4 is 4.74 Å². The van der Waals surface area contributed by atoms with E-state index in [1.165, 1.54) is 6.08 Å². The molecule has 0 amide bonds. The number of benzene rings is 1. The zero-order chi connectivity index (χ0) is 11.3. The van der Waals surface area contributed by atoms with Crippen molar-refractivity contribution in [2.75, 3.05) is 6.61 Å². The van der Waals surface area contributed by atoms with Crippen molar-refractivity contribution in [1.29, 1.82) is 0 Å². The summed E-state index contributed by atoms with van der Waals surface area (Å²) in [7, 11) is 0. The number of hydrogen-bond donors (Lipinski definition) is 1. The van der Waals surface area contributed by atoms with E-state index >= 15 is 0 Å². The molecule has 80 valence electrons. The summed E-state index contributed by atoms with van der Waals surface area (Å²) >= 11 is 11.5. The van der Waals surface area contributed by atoms with E-state index in [1.54, 1.807) is 18.2 Å². The van der Waals surface area contributed by atoms with Crippen molar-refractivity contribution in [2.24, 2.45) is 0 Å². The van der Waals surface area contributed by atoms with Gasteiger partial charge in [-0.2, -0.15) is 0 Å². The van der Waals surface area contributed by atoms with Crippen LogP contribution in [0.4, 0.5) is 0 Å². The van der Waals surface area contributed by atoms with Gasteiger partial charge in [0, 0.05) is 11.1 Å². The van der Waals surface area contributed by atoms with Crippen LogP contribution >= 0.6 is 23.2 Å². The van der Waals surface area contributed by atoms with Crippen LogP contribution in [0, 0.1) is 0 Å². The maximum atomic E-state index is 10.1. The molecule has 0 radical (unpaired) electrons. The Morgan fingerprint density at radius 2 is 2.20 bits per heavy atom. The van der Waals surface area contributed by atoms with Gasteiger partial charge in [0.25, 0.3) is 0 Å². The Bertz CT molecular complexity index is 388. The van der Waals surface area contributed by atoms with Crippen molar-refractivity contribution in [1.82, 2.24) is 0 Å². The maximum absolute atomic E-state index is 10.1. The lowest BCUT2D eigenvalue weighted by Gasteiger charge is -2.04. The Hall–Kier alpha value is -1.19. The Balaban J connectivity index is 2.54. The first-order valence-corrected chi connectivity index (χ1v) is 4.82. The quantitative estimate of drug-likeness (QED) is 0.832. The zero-order valence-electron chi connectivity index (χ0n) is 7.61. The molecular formula is C10H8Cl2O3. The summed E-state index contributed by atoms with van der Waals surface area (Å²) in [6, 6.07) is 4.82. The van der Waals surface area contributed by atoms with E-state index in [0.29, 0.717) is 15.8 Å². The molecule has 1 rings (SSSR count). The van der Waals surface area contributed by atoms with Crippen LogP contribution in [-0.2, 0) is 4.79 Å². The molecule has 0 unspecified atom stereocenters. The zero-order valence-corrected chi connectivity index (χ0v) is 9.13. The van der Waals surface area contributed by atoms with Crippen LogP contribution in [0.15, 0.2) is 30.4 Å². The fourth-order valence-corrected chi connectivity index (χ4v) is 1.34. The van der Waals surface area contributed by atoms with Crippen LogP contribution in [0.25, 0.3) is 0 Å². The smallest absolute Gasteiger partial charge is 0.328 e. The van der Waals surface area contributed by atoms with Crippen LogP contribution in [0.5, 0.6) is 5.75 Å². The van der Waals surface area contributed by atoms with Gasteiger partial charge < -0.3 is 9.84 Å². The summed E-state index contributed by atoms with van der Waals surface area (Å²) in [6.07, 6.45) is 2.39. The van der Waals surface area contributed by atoms with Crippen molar-refractivity contribution in [3.05, 3.63) is 40.4 Å². The second-order valence-corrected chi connectivity index (χ2v) is 3.47. The number of aliphatic carboxylic acids is 1. The highest BCUT2D eigenvalue weighted by Crippen LogP contribution is 2.27. The number of ether oxygens (including phenoxy) is 1. The van der Waals surface area contributed by atoms with Crippen molar-refractivity contribution >= 4 is 29.2 Å². The van der Waals surface area contributed by atoms with Gasteiger partial charge in [-0.3, -0.25) is 0 Å². The minimum absolute atomic E-state index is 0.146. The first-order chi connectivity index (χ1) is 7.09. The van der Waals surface area contributed by atoms with Gasteiger partial charge in [0.2, 0.25) is 0 Å². The molecule has 1 aromatic carbocycles. The number of carboxylic acids is 1. The Labute approximate surface area is 96.9 Å². The fourth-order valence-electron chi connectivity index (χ4n) is 0.879. The van der Waals surface area contributed by atoms with E-state index in [-0.39, 0.29) is 6.61 Å². The Morgan fingerprint density at radius 1 is 1.47 bits per heavy atom. The normalized spacial score (nSPS) is 10.5. The van der Waals surface area contributed by atoms with Crippen LogP contribution in [0.1, 0.15) is 0 Å². The predicted octanol–water partition coefficient (Wildman–Crippen LogP) is 3.01. The number of hydrogen-bond acceptors (Lipinski definition) is 2. The van der Waals surface area contributed by atoms with Gasteiger partial charge in [0.1, 0.15) is 12.4 Å². The molecule has 0 aliphatic carbocycles. The second-order valence-electron chi connectivity index (χ2n) is 2.63. The van der Waals surface area contributed by atoms with E-state index in [4.69, 9.17) is 33.0 Å². The Morgan fingerprint density at radius 3 is 2.80 bits per heavy atom. The van der Waals surface area contributed by atoms with Gasteiger partial charge in [-0.25, -0.2) is 4.79 Å².